The topological polar surface area (TPSA) is 33.4 Å². The molecule has 0 saturated carbocycles. The Hall–Kier alpha value is -2.28. The van der Waals surface area contributed by atoms with Crippen molar-refractivity contribution in [2.75, 3.05) is 31.6 Å². The third-order valence-corrected chi connectivity index (χ3v) is 6.57. The first-order valence-electron chi connectivity index (χ1n) is 10.6. The number of hydrogen-bond acceptors (Lipinski definition) is 3. The predicted octanol–water partition coefficient (Wildman–Crippen LogP) is 5.45. The Bertz CT molecular complexity index is 1140. The Morgan fingerprint density at radius 2 is 1.75 bits per heavy atom. The molecule has 0 bridgehead atoms. The second-order valence-electron chi connectivity index (χ2n) is 7.97. The molecular weight excluding hydrogens is 450 g/mol. The van der Waals surface area contributed by atoms with Crippen molar-refractivity contribution in [2.45, 2.75) is 26.8 Å². The van der Waals surface area contributed by atoms with Gasteiger partial charge in [-0.2, -0.15) is 0 Å². The number of rotatable bonds is 8. The number of aryl methyl sites for hydroxylation is 1. The lowest BCUT2D eigenvalue weighted by Gasteiger charge is -2.31. The zero-order valence-corrected chi connectivity index (χ0v) is 20.6. The molecule has 0 aliphatic heterocycles. The summed E-state index contributed by atoms with van der Waals surface area (Å²) in [6, 6.07) is 11.6. The van der Waals surface area contributed by atoms with Crippen molar-refractivity contribution in [1.29, 1.82) is 0 Å². The summed E-state index contributed by atoms with van der Waals surface area (Å²) in [5.74, 6) is -0.355. The van der Waals surface area contributed by atoms with Crippen LogP contribution in [0.3, 0.4) is 0 Å². The van der Waals surface area contributed by atoms with Crippen LogP contribution in [-0.2, 0) is 7.05 Å². The Labute approximate surface area is 198 Å². The second-order valence-corrected chi connectivity index (χ2v) is 8.79. The number of nitrogens with zero attached hydrogens (tertiary/aromatic N) is 4. The molecule has 3 rings (SSSR count). The van der Waals surface area contributed by atoms with Crippen LogP contribution in [0.15, 0.2) is 47.3 Å². The van der Waals surface area contributed by atoms with E-state index < -0.39 is 0 Å². The first-order valence-corrected chi connectivity index (χ1v) is 11.4. The molecule has 5 nitrogen and oxygen atoms in total. The Morgan fingerprint density at radius 1 is 1.09 bits per heavy atom. The van der Waals surface area contributed by atoms with Gasteiger partial charge >= 0.3 is 0 Å². The summed E-state index contributed by atoms with van der Waals surface area (Å²) >= 11 is 12.7. The highest BCUT2D eigenvalue weighted by molar-refractivity contribution is 6.31. The van der Waals surface area contributed by atoms with Crippen LogP contribution in [0, 0.1) is 12.7 Å². The van der Waals surface area contributed by atoms with Gasteiger partial charge in [0.25, 0.3) is 5.56 Å². The van der Waals surface area contributed by atoms with Crippen molar-refractivity contribution in [1.82, 2.24) is 14.3 Å². The minimum absolute atomic E-state index is 0.0965. The van der Waals surface area contributed by atoms with Crippen molar-refractivity contribution < 1.29 is 4.39 Å². The van der Waals surface area contributed by atoms with Crippen LogP contribution in [0.5, 0.6) is 0 Å². The van der Waals surface area contributed by atoms with E-state index in [1.807, 2.05) is 32.2 Å². The summed E-state index contributed by atoms with van der Waals surface area (Å²) < 4.78 is 16.6. The third kappa shape index (κ3) is 4.87. The molecule has 0 spiro atoms. The monoisotopic (exact) mass is 478 g/mol. The summed E-state index contributed by atoms with van der Waals surface area (Å²) in [6.07, 6.45) is 0. The maximum absolute atomic E-state index is 13.3. The zero-order valence-electron chi connectivity index (χ0n) is 19.1. The quantitative estimate of drug-likeness (QED) is 0.431. The second kappa shape index (κ2) is 10.1. The van der Waals surface area contributed by atoms with Gasteiger partial charge in [-0.1, -0.05) is 36.2 Å². The van der Waals surface area contributed by atoms with Gasteiger partial charge < -0.3 is 4.90 Å². The van der Waals surface area contributed by atoms with Crippen LogP contribution in [0.1, 0.15) is 31.1 Å². The molecule has 0 saturated heterocycles. The van der Waals surface area contributed by atoms with E-state index in [1.54, 1.807) is 23.9 Å². The summed E-state index contributed by atoms with van der Waals surface area (Å²) in [4.78, 5) is 17.4. The molecule has 2 aromatic carbocycles. The number of aromatic nitrogens is 2. The van der Waals surface area contributed by atoms with Crippen LogP contribution in [0.2, 0.25) is 10.0 Å². The third-order valence-electron chi connectivity index (χ3n) is 5.98. The van der Waals surface area contributed by atoms with Gasteiger partial charge in [-0.25, -0.2) is 9.07 Å². The first-order chi connectivity index (χ1) is 15.1. The maximum atomic E-state index is 13.3. The molecule has 0 N–H and O–H groups in total. The average Bonchev–Trinajstić information content (AvgIpc) is 2.99. The molecular formula is C24H29Cl2FN4O. The molecule has 0 fully saturated rings. The van der Waals surface area contributed by atoms with Crippen LogP contribution in [0.25, 0.3) is 5.69 Å². The Balaban J connectivity index is 1.84. The number of likely N-dealkylation sites (N-methyl/N-ethyl adjacent to an activating group) is 2. The average molecular weight is 479 g/mol. The highest BCUT2D eigenvalue weighted by Gasteiger charge is 2.25. The van der Waals surface area contributed by atoms with E-state index in [2.05, 4.69) is 23.6 Å². The van der Waals surface area contributed by atoms with Gasteiger partial charge in [0.05, 0.1) is 17.4 Å². The molecule has 8 heteroatoms. The molecule has 0 radical (unpaired) electrons. The van der Waals surface area contributed by atoms with Crippen molar-refractivity contribution in [2.24, 2.45) is 7.05 Å². The van der Waals surface area contributed by atoms with Crippen LogP contribution < -0.4 is 10.5 Å². The highest BCUT2D eigenvalue weighted by Crippen LogP contribution is 2.27. The zero-order chi connectivity index (χ0) is 23.6. The number of halogens is 3. The van der Waals surface area contributed by atoms with Crippen molar-refractivity contribution in [3.05, 3.63) is 79.9 Å². The first kappa shape index (κ1) is 24.4. The normalized spacial score (nSPS) is 12.4. The molecule has 1 heterocycles. The van der Waals surface area contributed by atoms with Crippen LogP contribution in [0.4, 0.5) is 10.1 Å². The molecule has 0 amide bonds. The Morgan fingerprint density at radius 3 is 2.38 bits per heavy atom. The number of anilines is 1. The van der Waals surface area contributed by atoms with Gasteiger partial charge in [-0.05, 0) is 62.4 Å². The fourth-order valence-electron chi connectivity index (χ4n) is 4.11. The Kier molecular flexibility index (Phi) is 7.70. The lowest BCUT2D eigenvalue weighted by molar-refractivity contribution is 0.218. The van der Waals surface area contributed by atoms with E-state index in [-0.39, 0.29) is 22.4 Å². The number of hydrogen-bond donors (Lipinski definition) is 0. The lowest BCUT2D eigenvalue weighted by atomic mass is 10.1. The highest BCUT2D eigenvalue weighted by atomic mass is 35.5. The predicted molar refractivity (Wildman–Crippen MR) is 131 cm³/mol. The maximum Gasteiger partial charge on any atom is 0.290 e. The molecule has 0 aliphatic carbocycles. The number of benzene rings is 2. The molecule has 0 aliphatic rings. The van der Waals surface area contributed by atoms with Gasteiger partial charge in [0.15, 0.2) is 0 Å². The van der Waals surface area contributed by atoms with Crippen LogP contribution in [-0.4, -0.2) is 40.9 Å². The van der Waals surface area contributed by atoms with E-state index in [0.717, 1.165) is 36.6 Å². The van der Waals surface area contributed by atoms with E-state index in [1.165, 1.54) is 16.8 Å². The van der Waals surface area contributed by atoms with Gasteiger partial charge in [0.1, 0.15) is 10.8 Å². The molecule has 1 aromatic heterocycles. The van der Waals surface area contributed by atoms with E-state index >= 15 is 0 Å². The van der Waals surface area contributed by atoms with Gasteiger partial charge in [-0.15, -0.1) is 0 Å². The largest absolute Gasteiger partial charge is 0.373 e. The fourth-order valence-corrected chi connectivity index (χ4v) is 4.63. The van der Waals surface area contributed by atoms with E-state index in [9.17, 15) is 9.18 Å². The minimum atomic E-state index is -0.355. The summed E-state index contributed by atoms with van der Waals surface area (Å²) in [6.45, 7) is 8.54. The smallest absolute Gasteiger partial charge is 0.290 e. The minimum Gasteiger partial charge on any atom is -0.373 e. The van der Waals surface area contributed by atoms with E-state index in [0.29, 0.717) is 10.7 Å². The molecule has 172 valence electrons. The fraction of sp³-hybridized carbons (Fsp3) is 0.375. The summed E-state index contributed by atoms with van der Waals surface area (Å²) in [7, 11) is 3.85. The van der Waals surface area contributed by atoms with Gasteiger partial charge in [0, 0.05) is 37.9 Å². The summed E-state index contributed by atoms with van der Waals surface area (Å²) in [5, 5.41) is 0.892. The molecule has 32 heavy (non-hydrogen) atoms. The van der Waals surface area contributed by atoms with Crippen molar-refractivity contribution in [3.63, 3.8) is 0 Å². The molecule has 3 aromatic rings. The molecule has 1 unspecified atom stereocenters. The molecule has 1 atom stereocenters. The van der Waals surface area contributed by atoms with Crippen molar-refractivity contribution in [3.8, 4) is 5.69 Å². The summed E-state index contributed by atoms with van der Waals surface area (Å²) in [5.41, 5.74) is 3.23. The standard InChI is InChI=1S/C24H29Cl2FN4O/c1-6-30(14-13-28(4)21-15-18(25)8-7-16(21)2)17(3)23-22(26)24(32)31(29(23)5)20-11-9-19(27)10-12-20/h7-12,15,17H,6,13-14H2,1-5H3. The van der Waals surface area contributed by atoms with E-state index in [4.69, 9.17) is 23.2 Å². The SMILES string of the molecule is CCN(CCN(C)c1cc(Cl)ccc1C)C(C)c1c(Cl)c(=O)n(-c2ccc(F)cc2)n1C. The van der Waals surface area contributed by atoms with Gasteiger partial charge in [-0.3, -0.25) is 14.4 Å². The lowest BCUT2D eigenvalue weighted by Crippen LogP contribution is -2.36. The van der Waals surface area contributed by atoms with Crippen molar-refractivity contribution >= 4 is 28.9 Å². The van der Waals surface area contributed by atoms with Gasteiger partial charge in [0.2, 0.25) is 0 Å². The van der Waals surface area contributed by atoms with Crippen LogP contribution >= 0.6 is 23.2 Å².